The van der Waals surface area contributed by atoms with Crippen molar-refractivity contribution in [2.75, 3.05) is 10.0 Å². The summed E-state index contributed by atoms with van der Waals surface area (Å²) in [7, 11) is -3.64. The lowest BCUT2D eigenvalue weighted by Gasteiger charge is -2.09. The molecule has 2 aromatic carbocycles. The summed E-state index contributed by atoms with van der Waals surface area (Å²) in [6, 6.07) is 21.7. The molecule has 0 aliphatic rings. The number of nitrogens with one attached hydrogen (secondary N) is 2. The molecule has 122 valence electrons. The first kappa shape index (κ1) is 16.0. The zero-order valence-electron chi connectivity index (χ0n) is 12.9. The largest absolute Gasteiger partial charge is 0.381 e. The van der Waals surface area contributed by atoms with Gasteiger partial charge in [0.2, 0.25) is 0 Å². The summed E-state index contributed by atoms with van der Waals surface area (Å²) >= 11 is 0. The number of rotatable bonds is 6. The first-order valence-electron chi connectivity index (χ1n) is 7.45. The number of anilines is 2. The third-order valence-corrected chi connectivity index (χ3v) is 4.78. The van der Waals surface area contributed by atoms with Gasteiger partial charge in [-0.25, -0.2) is 13.4 Å². The molecule has 3 aromatic rings. The molecule has 6 heteroatoms. The number of benzene rings is 2. The standard InChI is InChI=1S/C18H17N3O2S/c22-24(23,21-18-8-4-5-13-19-18)17-11-9-16(10-12-17)20-14-15-6-2-1-3-7-15/h1-13,20H,14H2,(H,19,21). The number of aromatic nitrogens is 1. The topological polar surface area (TPSA) is 71.1 Å². The molecule has 0 unspecified atom stereocenters. The van der Waals surface area contributed by atoms with E-state index in [1.807, 2.05) is 30.3 Å². The van der Waals surface area contributed by atoms with Crippen LogP contribution in [0.2, 0.25) is 0 Å². The van der Waals surface area contributed by atoms with Crippen molar-refractivity contribution < 1.29 is 8.42 Å². The van der Waals surface area contributed by atoms with Gasteiger partial charge in [0.25, 0.3) is 10.0 Å². The van der Waals surface area contributed by atoms with Crippen molar-refractivity contribution in [1.82, 2.24) is 4.98 Å². The molecular weight excluding hydrogens is 322 g/mol. The molecule has 0 atom stereocenters. The molecule has 1 aromatic heterocycles. The van der Waals surface area contributed by atoms with Crippen LogP contribution in [0.25, 0.3) is 0 Å². The normalized spacial score (nSPS) is 11.0. The first-order chi connectivity index (χ1) is 11.6. The summed E-state index contributed by atoms with van der Waals surface area (Å²) in [5, 5.41) is 3.26. The van der Waals surface area contributed by atoms with Gasteiger partial charge < -0.3 is 5.32 Å². The van der Waals surface area contributed by atoms with E-state index in [4.69, 9.17) is 0 Å². The van der Waals surface area contributed by atoms with Gasteiger partial charge in [-0.3, -0.25) is 4.72 Å². The Bertz CT molecular complexity index is 881. The van der Waals surface area contributed by atoms with Crippen molar-refractivity contribution in [3.63, 3.8) is 0 Å². The third kappa shape index (κ3) is 4.11. The molecule has 0 fully saturated rings. The van der Waals surface area contributed by atoms with Crippen molar-refractivity contribution in [2.24, 2.45) is 0 Å². The van der Waals surface area contributed by atoms with E-state index in [1.54, 1.807) is 42.5 Å². The molecule has 0 aliphatic carbocycles. The zero-order chi connectivity index (χ0) is 16.8. The minimum Gasteiger partial charge on any atom is -0.381 e. The second-order valence-electron chi connectivity index (χ2n) is 5.18. The van der Waals surface area contributed by atoms with Crippen LogP contribution in [0.5, 0.6) is 0 Å². The van der Waals surface area contributed by atoms with Gasteiger partial charge in [0.05, 0.1) is 4.90 Å². The summed E-state index contributed by atoms with van der Waals surface area (Å²) in [5.74, 6) is 0.295. The number of sulfonamides is 1. The van der Waals surface area contributed by atoms with Crippen molar-refractivity contribution in [3.8, 4) is 0 Å². The minimum atomic E-state index is -3.64. The number of pyridine rings is 1. The van der Waals surface area contributed by atoms with Crippen LogP contribution in [-0.4, -0.2) is 13.4 Å². The van der Waals surface area contributed by atoms with E-state index in [0.717, 1.165) is 11.3 Å². The van der Waals surface area contributed by atoms with Gasteiger partial charge in [-0.2, -0.15) is 0 Å². The van der Waals surface area contributed by atoms with E-state index in [9.17, 15) is 8.42 Å². The Morgan fingerprint density at radius 2 is 1.54 bits per heavy atom. The maximum Gasteiger partial charge on any atom is 0.263 e. The molecule has 0 spiro atoms. The first-order valence-corrected chi connectivity index (χ1v) is 8.93. The molecular formula is C18H17N3O2S. The number of hydrogen-bond donors (Lipinski definition) is 2. The predicted octanol–water partition coefficient (Wildman–Crippen LogP) is 3.49. The lowest BCUT2D eigenvalue weighted by molar-refractivity contribution is 0.601. The van der Waals surface area contributed by atoms with Crippen LogP contribution in [-0.2, 0) is 16.6 Å². The Hall–Kier alpha value is -2.86. The van der Waals surface area contributed by atoms with Crippen LogP contribution in [0.4, 0.5) is 11.5 Å². The van der Waals surface area contributed by atoms with Gasteiger partial charge in [0, 0.05) is 18.4 Å². The smallest absolute Gasteiger partial charge is 0.263 e. The second-order valence-corrected chi connectivity index (χ2v) is 6.87. The van der Waals surface area contributed by atoms with E-state index in [1.165, 1.54) is 6.20 Å². The van der Waals surface area contributed by atoms with Gasteiger partial charge in [0.1, 0.15) is 5.82 Å². The van der Waals surface area contributed by atoms with E-state index >= 15 is 0 Å². The molecule has 0 amide bonds. The highest BCUT2D eigenvalue weighted by atomic mass is 32.2. The fourth-order valence-corrected chi connectivity index (χ4v) is 3.18. The predicted molar refractivity (Wildman–Crippen MR) is 95.3 cm³/mol. The summed E-state index contributed by atoms with van der Waals surface area (Å²) in [6.45, 7) is 0.680. The quantitative estimate of drug-likeness (QED) is 0.721. The van der Waals surface area contributed by atoms with Crippen LogP contribution < -0.4 is 10.0 Å². The molecule has 0 aliphatic heterocycles. The fourth-order valence-electron chi connectivity index (χ4n) is 2.17. The Balaban J connectivity index is 1.67. The Morgan fingerprint density at radius 3 is 2.21 bits per heavy atom. The highest BCUT2D eigenvalue weighted by molar-refractivity contribution is 7.92. The summed E-state index contributed by atoms with van der Waals surface area (Å²) < 4.78 is 27.1. The summed E-state index contributed by atoms with van der Waals surface area (Å²) in [5.41, 5.74) is 2.02. The SMILES string of the molecule is O=S(=O)(Nc1ccccn1)c1ccc(NCc2ccccc2)cc1. The average Bonchev–Trinajstić information content (AvgIpc) is 2.62. The van der Waals surface area contributed by atoms with Gasteiger partial charge >= 0.3 is 0 Å². The Kier molecular flexibility index (Phi) is 4.77. The summed E-state index contributed by atoms with van der Waals surface area (Å²) in [6.07, 6.45) is 1.54. The van der Waals surface area contributed by atoms with Crippen molar-refractivity contribution in [3.05, 3.63) is 84.6 Å². The Morgan fingerprint density at radius 1 is 0.833 bits per heavy atom. The molecule has 0 saturated carbocycles. The van der Waals surface area contributed by atoms with Crippen LogP contribution in [0, 0.1) is 0 Å². The molecule has 0 bridgehead atoms. The zero-order valence-corrected chi connectivity index (χ0v) is 13.7. The van der Waals surface area contributed by atoms with E-state index in [2.05, 4.69) is 15.0 Å². The lowest BCUT2D eigenvalue weighted by atomic mass is 10.2. The van der Waals surface area contributed by atoms with E-state index in [0.29, 0.717) is 12.4 Å². The van der Waals surface area contributed by atoms with Crippen molar-refractivity contribution in [1.29, 1.82) is 0 Å². The van der Waals surface area contributed by atoms with Gasteiger partial charge in [-0.1, -0.05) is 36.4 Å². The highest BCUT2D eigenvalue weighted by Crippen LogP contribution is 2.17. The van der Waals surface area contributed by atoms with E-state index in [-0.39, 0.29) is 4.90 Å². The third-order valence-electron chi connectivity index (χ3n) is 3.41. The van der Waals surface area contributed by atoms with Gasteiger partial charge in [-0.05, 0) is 42.0 Å². The molecule has 1 heterocycles. The maximum absolute atomic E-state index is 12.3. The van der Waals surface area contributed by atoms with Crippen LogP contribution in [0.3, 0.4) is 0 Å². The maximum atomic E-state index is 12.3. The van der Waals surface area contributed by atoms with Gasteiger partial charge in [0.15, 0.2) is 0 Å². The molecule has 24 heavy (non-hydrogen) atoms. The number of hydrogen-bond acceptors (Lipinski definition) is 4. The molecule has 5 nitrogen and oxygen atoms in total. The average molecular weight is 339 g/mol. The minimum absolute atomic E-state index is 0.193. The Labute approximate surface area is 141 Å². The van der Waals surface area contributed by atoms with Gasteiger partial charge in [-0.15, -0.1) is 0 Å². The monoisotopic (exact) mass is 339 g/mol. The molecule has 2 N–H and O–H groups in total. The van der Waals surface area contributed by atoms with Crippen LogP contribution in [0.15, 0.2) is 83.9 Å². The van der Waals surface area contributed by atoms with Crippen molar-refractivity contribution >= 4 is 21.5 Å². The highest BCUT2D eigenvalue weighted by Gasteiger charge is 2.14. The molecule has 0 saturated heterocycles. The molecule has 0 radical (unpaired) electrons. The van der Waals surface area contributed by atoms with Crippen molar-refractivity contribution in [2.45, 2.75) is 11.4 Å². The fraction of sp³-hybridized carbons (Fsp3) is 0.0556. The van der Waals surface area contributed by atoms with E-state index < -0.39 is 10.0 Å². The second kappa shape index (κ2) is 7.14. The summed E-state index contributed by atoms with van der Waals surface area (Å²) in [4.78, 5) is 4.16. The van der Waals surface area contributed by atoms with Crippen LogP contribution in [0.1, 0.15) is 5.56 Å². The lowest BCUT2D eigenvalue weighted by Crippen LogP contribution is -2.13. The number of nitrogens with zero attached hydrogens (tertiary/aromatic N) is 1. The van der Waals surface area contributed by atoms with Crippen LogP contribution >= 0.6 is 0 Å². The molecule has 3 rings (SSSR count).